The maximum atomic E-state index is 13.0. The number of amides is 2. The van der Waals surface area contributed by atoms with Gasteiger partial charge in [-0.2, -0.15) is 4.31 Å². The molecular weight excluding hydrogens is 450 g/mol. The highest BCUT2D eigenvalue weighted by molar-refractivity contribution is 7.89. The third-order valence-electron chi connectivity index (χ3n) is 5.47. The van der Waals surface area contributed by atoms with Gasteiger partial charge in [0.2, 0.25) is 21.8 Å². The number of ether oxygens (including phenoxy) is 2. The van der Waals surface area contributed by atoms with Crippen molar-refractivity contribution in [3.8, 4) is 0 Å². The average Bonchev–Trinajstić information content (AvgIpc) is 3.18. The average molecular weight is 484 g/mol. The lowest BCUT2D eigenvalue weighted by Crippen LogP contribution is -2.42. The molecule has 1 aromatic rings. The fraction of sp³-hybridized carbons (Fsp3) is 0.591. The molecule has 0 radical (unpaired) electrons. The first-order valence-electron chi connectivity index (χ1n) is 11.0. The summed E-state index contributed by atoms with van der Waals surface area (Å²) in [6, 6.07) is 6.08. The second kappa shape index (κ2) is 12.1. The first-order chi connectivity index (χ1) is 15.7. The number of benzene rings is 1. The van der Waals surface area contributed by atoms with Gasteiger partial charge in [-0.3, -0.25) is 14.4 Å². The zero-order valence-corrected chi connectivity index (χ0v) is 20.5. The molecule has 1 heterocycles. The maximum absolute atomic E-state index is 13.0. The largest absolute Gasteiger partial charge is 0.465 e. The van der Waals surface area contributed by atoms with E-state index in [-0.39, 0.29) is 56.0 Å². The van der Waals surface area contributed by atoms with Crippen molar-refractivity contribution in [2.75, 3.05) is 57.9 Å². The Morgan fingerprint density at radius 3 is 2.30 bits per heavy atom. The molecule has 184 valence electrons. The van der Waals surface area contributed by atoms with E-state index in [0.717, 1.165) is 0 Å². The Bertz CT molecular complexity index is 930. The van der Waals surface area contributed by atoms with Crippen molar-refractivity contribution in [3.05, 3.63) is 24.3 Å². The molecule has 10 nitrogen and oxygen atoms in total. The van der Waals surface area contributed by atoms with Crippen LogP contribution in [0.25, 0.3) is 0 Å². The van der Waals surface area contributed by atoms with E-state index in [0.29, 0.717) is 18.8 Å². The molecular formula is C22H33N3O7S. The van der Waals surface area contributed by atoms with Crippen molar-refractivity contribution in [2.45, 2.75) is 32.1 Å². The quantitative estimate of drug-likeness (QED) is 0.409. The first kappa shape index (κ1) is 26.7. The van der Waals surface area contributed by atoms with Crippen LogP contribution in [0.1, 0.15) is 27.2 Å². The van der Waals surface area contributed by atoms with Crippen LogP contribution in [0.15, 0.2) is 29.2 Å². The normalized spacial score (nSPS) is 16.3. The minimum absolute atomic E-state index is 0.00460. The number of sulfonamides is 1. The summed E-state index contributed by atoms with van der Waals surface area (Å²) in [5.74, 6) is -1.71. The smallest absolute Gasteiger partial charge is 0.325 e. The van der Waals surface area contributed by atoms with Crippen molar-refractivity contribution in [3.63, 3.8) is 0 Å². The lowest BCUT2D eigenvalue weighted by Gasteiger charge is -2.24. The van der Waals surface area contributed by atoms with E-state index >= 15 is 0 Å². The van der Waals surface area contributed by atoms with Crippen LogP contribution in [-0.4, -0.2) is 88.5 Å². The minimum Gasteiger partial charge on any atom is -0.465 e. The highest BCUT2D eigenvalue weighted by Crippen LogP contribution is 2.28. The number of nitrogens with zero attached hydrogens (tertiary/aromatic N) is 3. The fourth-order valence-electron chi connectivity index (χ4n) is 3.72. The number of carbonyl (C=O) groups excluding carboxylic acids is 3. The van der Waals surface area contributed by atoms with Crippen molar-refractivity contribution >= 4 is 33.5 Å². The van der Waals surface area contributed by atoms with Gasteiger partial charge < -0.3 is 19.3 Å². The molecule has 0 spiro atoms. The summed E-state index contributed by atoms with van der Waals surface area (Å²) in [7, 11) is -2.10. The van der Waals surface area contributed by atoms with Gasteiger partial charge in [0.1, 0.15) is 6.54 Å². The summed E-state index contributed by atoms with van der Waals surface area (Å²) in [6.45, 7) is 6.55. The summed E-state index contributed by atoms with van der Waals surface area (Å²) >= 11 is 0. The monoisotopic (exact) mass is 483 g/mol. The number of methoxy groups -OCH3 is 1. The minimum atomic E-state index is -3.60. The van der Waals surface area contributed by atoms with Gasteiger partial charge in [0.15, 0.2) is 0 Å². The number of hydrogen-bond donors (Lipinski definition) is 0. The Kier molecular flexibility index (Phi) is 9.81. The van der Waals surface area contributed by atoms with Gasteiger partial charge >= 0.3 is 5.97 Å². The van der Waals surface area contributed by atoms with Crippen LogP contribution >= 0.6 is 0 Å². The zero-order chi connectivity index (χ0) is 24.6. The van der Waals surface area contributed by atoms with Crippen molar-refractivity contribution in [1.82, 2.24) is 9.21 Å². The van der Waals surface area contributed by atoms with Gasteiger partial charge in [0.25, 0.3) is 0 Å². The predicted molar refractivity (Wildman–Crippen MR) is 122 cm³/mol. The molecule has 2 rings (SSSR count). The highest BCUT2D eigenvalue weighted by atomic mass is 32.2. The molecule has 1 aliphatic heterocycles. The molecule has 0 saturated carbocycles. The number of esters is 1. The van der Waals surface area contributed by atoms with Crippen molar-refractivity contribution in [1.29, 1.82) is 0 Å². The standard InChI is InChI=1S/C22H33N3O7S/c1-5-24(6-2)33(29,30)19-10-8-18(9-11-19)25-15-17(14-20(25)26)22(28)23(12-13-31-4)16-21(27)32-7-3/h8-11,17H,5-7,12-16H2,1-4H3. The predicted octanol–water partition coefficient (Wildman–Crippen LogP) is 1.11. The lowest BCUT2D eigenvalue weighted by molar-refractivity contribution is -0.150. The molecule has 1 fully saturated rings. The second-order valence-electron chi connectivity index (χ2n) is 7.55. The lowest BCUT2D eigenvalue weighted by atomic mass is 10.1. The van der Waals surface area contributed by atoms with E-state index in [2.05, 4.69) is 0 Å². The molecule has 0 aliphatic carbocycles. The summed E-state index contributed by atoms with van der Waals surface area (Å²) in [5.41, 5.74) is 0.516. The van der Waals surface area contributed by atoms with Crippen molar-refractivity contribution < 1.29 is 32.3 Å². The molecule has 1 atom stereocenters. The van der Waals surface area contributed by atoms with Crippen LogP contribution in [0.4, 0.5) is 5.69 Å². The molecule has 1 aliphatic rings. The van der Waals surface area contributed by atoms with Gasteiger partial charge in [-0.15, -0.1) is 0 Å². The van der Waals surface area contributed by atoms with Crippen LogP contribution in [0.3, 0.4) is 0 Å². The third-order valence-corrected chi connectivity index (χ3v) is 7.53. The molecule has 0 N–H and O–H groups in total. The molecule has 0 aromatic heterocycles. The van der Waals surface area contributed by atoms with Gasteiger partial charge in [0.05, 0.1) is 24.0 Å². The molecule has 1 unspecified atom stereocenters. The van der Waals surface area contributed by atoms with Crippen LogP contribution in [0, 0.1) is 5.92 Å². The summed E-state index contributed by atoms with van der Waals surface area (Å²) in [4.78, 5) is 40.6. The van der Waals surface area contributed by atoms with E-state index in [1.165, 1.54) is 33.3 Å². The Morgan fingerprint density at radius 1 is 1.12 bits per heavy atom. The maximum Gasteiger partial charge on any atom is 0.325 e. The Hall–Kier alpha value is -2.50. The number of rotatable bonds is 12. The fourth-order valence-corrected chi connectivity index (χ4v) is 5.18. The summed E-state index contributed by atoms with van der Waals surface area (Å²) in [6.07, 6.45) is 0.00460. The molecule has 11 heteroatoms. The molecule has 33 heavy (non-hydrogen) atoms. The first-order valence-corrected chi connectivity index (χ1v) is 12.5. The summed E-state index contributed by atoms with van der Waals surface area (Å²) < 4.78 is 36.7. The van der Waals surface area contributed by atoms with Crippen LogP contribution in [0.2, 0.25) is 0 Å². The zero-order valence-electron chi connectivity index (χ0n) is 19.7. The molecule has 1 aromatic carbocycles. The SMILES string of the molecule is CCOC(=O)CN(CCOC)C(=O)C1CC(=O)N(c2ccc(S(=O)(=O)N(CC)CC)cc2)C1. The number of carbonyl (C=O) groups is 3. The second-order valence-corrected chi connectivity index (χ2v) is 9.48. The van der Waals surface area contributed by atoms with Gasteiger partial charge in [0, 0.05) is 45.4 Å². The van der Waals surface area contributed by atoms with E-state index < -0.39 is 21.9 Å². The van der Waals surface area contributed by atoms with Crippen LogP contribution in [-0.2, 0) is 33.9 Å². The van der Waals surface area contributed by atoms with E-state index in [1.54, 1.807) is 32.9 Å². The van der Waals surface area contributed by atoms with E-state index in [4.69, 9.17) is 9.47 Å². The Balaban J connectivity index is 2.14. The molecule has 0 bridgehead atoms. The topological polar surface area (TPSA) is 114 Å². The third kappa shape index (κ3) is 6.52. The van der Waals surface area contributed by atoms with E-state index in [1.807, 2.05) is 0 Å². The molecule has 1 saturated heterocycles. The highest BCUT2D eigenvalue weighted by Gasteiger charge is 2.38. The van der Waals surface area contributed by atoms with Crippen LogP contribution < -0.4 is 4.90 Å². The Labute approximate surface area is 195 Å². The summed E-state index contributed by atoms with van der Waals surface area (Å²) in [5, 5.41) is 0. The van der Waals surface area contributed by atoms with E-state index in [9.17, 15) is 22.8 Å². The van der Waals surface area contributed by atoms with Gasteiger partial charge in [-0.05, 0) is 31.2 Å². The van der Waals surface area contributed by atoms with Crippen molar-refractivity contribution in [2.24, 2.45) is 5.92 Å². The number of anilines is 1. The number of hydrogen-bond acceptors (Lipinski definition) is 7. The van der Waals surface area contributed by atoms with Gasteiger partial charge in [-0.1, -0.05) is 13.8 Å². The molecule has 2 amide bonds. The van der Waals surface area contributed by atoms with Crippen LogP contribution in [0.5, 0.6) is 0 Å². The van der Waals surface area contributed by atoms with Gasteiger partial charge in [-0.25, -0.2) is 8.42 Å². The Morgan fingerprint density at radius 2 is 1.76 bits per heavy atom.